The van der Waals surface area contributed by atoms with Crippen molar-refractivity contribution in [3.8, 4) is 0 Å². The normalized spacial score (nSPS) is 14.7. The van der Waals surface area contributed by atoms with Crippen molar-refractivity contribution in [1.82, 2.24) is 15.0 Å². The molecule has 2 heterocycles. The maximum atomic E-state index is 11.8. The number of para-hydroxylation sites is 1. The summed E-state index contributed by atoms with van der Waals surface area (Å²) in [6.07, 6.45) is 2.47. The third-order valence-corrected chi connectivity index (χ3v) is 3.16. The molecule has 0 radical (unpaired) electrons. The maximum absolute atomic E-state index is 11.8. The average Bonchev–Trinajstić information content (AvgIpc) is 2.79. The third kappa shape index (κ3) is 1.88. The van der Waals surface area contributed by atoms with Gasteiger partial charge < -0.3 is 4.90 Å². The van der Waals surface area contributed by atoms with Crippen molar-refractivity contribution in [1.29, 1.82) is 0 Å². The molecular formula is C13H14N4O. The standard InChI is InChI=1S/C13H14N4O/c1-16-8-10(14-15-16)9-17-7-6-13(18)11-4-2-3-5-12(11)17/h2-5,8H,6-7,9H2,1H3. The fourth-order valence-corrected chi connectivity index (χ4v) is 2.30. The molecule has 0 atom stereocenters. The van der Waals surface area contributed by atoms with Crippen LogP contribution in [0.4, 0.5) is 5.69 Å². The highest BCUT2D eigenvalue weighted by Crippen LogP contribution is 2.27. The second-order valence-corrected chi connectivity index (χ2v) is 4.50. The van der Waals surface area contributed by atoms with Crippen LogP contribution in [0.1, 0.15) is 22.5 Å². The predicted octanol–water partition coefficient (Wildman–Crippen LogP) is 1.41. The first-order valence-electron chi connectivity index (χ1n) is 5.96. The molecule has 1 aromatic carbocycles. The van der Waals surface area contributed by atoms with E-state index in [1.165, 1.54) is 0 Å². The molecule has 3 rings (SSSR count). The van der Waals surface area contributed by atoms with Gasteiger partial charge in [-0.05, 0) is 12.1 Å². The molecule has 0 bridgehead atoms. The molecule has 0 aliphatic carbocycles. The highest BCUT2D eigenvalue weighted by molar-refractivity contribution is 6.03. The first-order chi connectivity index (χ1) is 8.74. The molecular weight excluding hydrogens is 228 g/mol. The molecule has 5 nitrogen and oxygen atoms in total. The number of ketones is 1. The molecule has 0 spiro atoms. The zero-order valence-electron chi connectivity index (χ0n) is 10.2. The first kappa shape index (κ1) is 11.0. The van der Waals surface area contributed by atoms with Crippen LogP contribution in [0.2, 0.25) is 0 Å². The minimum Gasteiger partial charge on any atom is -0.364 e. The van der Waals surface area contributed by atoms with Crippen LogP contribution in [0.3, 0.4) is 0 Å². The zero-order chi connectivity index (χ0) is 12.5. The van der Waals surface area contributed by atoms with E-state index in [9.17, 15) is 4.79 Å². The van der Waals surface area contributed by atoms with Crippen LogP contribution in [0.5, 0.6) is 0 Å². The number of carbonyl (C=O) groups is 1. The lowest BCUT2D eigenvalue weighted by Gasteiger charge is -2.29. The van der Waals surface area contributed by atoms with Crippen LogP contribution in [0, 0.1) is 0 Å². The number of anilines is 1. The number of hydrogen-bond acceptors (Lipinski definition) is 4. The van der Waals surface area contributed by atoms with E-state index in [0.717, 1.165) is 23.5 Å². The van der Waals surface area contributed by atoms with Gasteiger partial charge in [0, 0.05) is 37.5 Å². The summed E-state index contributed by atoms with van der Waals surface area (Å²) in [7, 11) is 1.85. The van der Waals surface area contributed by atoms with E-state index in [4.69, 9.17) is 0 Å². The summed E-state index contributed by atoms with van der Waals surface area (Å²) in [5.74, 6) is 0.223. The predicted molar refractivity (Wildman–Crippen MR) is 67.4 cm³/mol. The summed E-state index contributed by atoms with van der Waals surface area (Å²) < 4.78 is 1.69. The minimum absolute atomic E-state index is 0.223. The number of rotatable bonds is 2. The fraction of sp³-hybridized carbons (Fsp3) is 0.308. The number of Topliss-reactive ketones (excluding diaryl/α,β-unsaturated/α-hetero) is 1. The largest absolute Gasteiger partial charge is 0.364 e. The number of nitrogens with zero attached hydrogens (tertiary/aromatic N) is 4. The summed E-state index contributed by atoms with van der Waals surface area (Å²) in [6, 6.07) is 7.74. The average molecular weight is 242 g/mol. The van der Waals surface area contributed by atoms with Gasteiger partial charge in [0.15, 0.2) is 5.78 Å². The number of aryl methyl sites for hydroxylation is 1. The second kappa shape index (κ2) is 4.25. The summed E-state index contributed by atoms with van der Waals surface area (Å²) >= 11 is 0. The van der Waals surface area contributed by atoms with Gasteiger partial charge in [-0.3, -0.25) is 9.48 Å². The van der Waals surface area contributed by atoms with Gasteiger partial charge in [-0.1, -0.05) is 17.3 Å². The third-order valence-electron chi connectivity index (χ3n) is 3.16. The van der Waals surface area contributed by atoms with E-state index in [2.05, 4.69) is 15.2 Å². The number of carbonyl (C=O) groups excluding carboxylic acids is 1. The quantitative estimate of drug-likeness (QED) is 0.799. The molecule has 5 heteroatoms. The van der Waals surface area contributed by atoms with E-state index in [1.807, 2.05) is 37.5 Å². The van der Waals surface area contributed by atoms with Gasteiger partial charge in [-0.15, -0.1) is 5.10 Å². The van der Waals surface area contributed by atoms with Gasteiger partial charge >= 0.3 is 0 Å². The number of aromatic nitrogens is 3. The Balaban J connectivity index is 1.90. The highest BCUT2D eigenvalue weighted by atomic mass is 16.1. The molecule has 92 valence electrons. The molecule has 0 saturated carbocycles. The lowest BCUT2D eigenvalue weighted by molar-refractivity contribution is 0.0979. The van der Waals surface area contributed by atoms with E-state index in [-0.39, 0.29) is 5.78 Å². The smallest absolute Gasteiger partial charge is 0.166 e. The SMILES string of the molecule is Cn1cc(CN2CCC(=O)c3ccccc32)nn1. The minimum atomic E-state index is 0.223. The Bertz CT molecular complexity index is 590. The van der Waals surface area contributed by atoms with Gasteiger partial charge in [-0.2, -0.15) is 0 Å². The maximum Gasteiger partial charge on any atom is 0.166 e. The first-order valence-corrected chi connectivity index (χ1v) is 5.96. The monoisotopic (exact) mass is 242 g/mol. The molecule has 0 unspecified atom stereocenters. The molecule has 1 aliphatic rings. The summed E-state index contributed by atoms with van der Waals surface area (Å²) in [5, 5.41) is 8.01. The zero-order valence-corrected chi connectivity index (χ0v) is 10.2. The van der Waals surface area contributed by atoms with Gasteiger partial charge in [0.25, 0.3) is 0 Å². The summed E-state index contributed by atoms with van der Waals surface area (Å²) in [5.41, 5.74) is 2.73. The van der Waals surface area contributed by atoms with E-state index in [1.54, 1.807) is 4.68 Å². The Morgan fingerprint density at radius 2 is 2.17 bits per heavy atom. The molecule has 2 aromatic rings. The van der Waals surface area contributed by atoms with E-state index < -0.39 is 0 Å². The van der Waals surface area contributed by atoms with Crippen molar-refractivity contribution in [2.24, 2.45) is 7.05 Å². The Morgan fingerprint density at radius 1 is 1.33 bits per heavy atom. The highest BCUT2D eigenvalue weighted by Gasteiger charge is 2.22. The number of hydrogen-bond donors (Lipinski definition) is 0. The molecule has 1 aromatic heterocycles. The molecule has 1 aliphatic heterocycles. The fourth-order valence-electron chi connectivity index (χ4n) is 2.30. The van der Waals surface area contributed by atoms with E-state index in [0.29, 0.717) is 13.0 Å². The van der Waals surface area contributed by atoms with Gasteiger partial charge in [0.05, 0.1) is 6.54 Å². The number of benzene rings is 1. The Hall–Kier alpha value is -2.17. The van der Waals surface area contributed by atoms with Crippen molar-refractivity contribution in [2.75, 3.05) is 11.4 Å². The topological polar surface area (TPSA) is 51.0 Å². The van der Waals surface area contributed by atoms with Crippen molar-refractivity contribution in [3.05, 3.63) is 41.7 Å². The van der Waals surface area contributed by atoms with Crippen LogP contribution in [-0.4, -0.2) is 27.3 Å². The van der Waals surface area contributed by atoms with E-state index >= 15 is 0 Å². The van der Waals surface area contributed by atoms with Crippen molar-refractivity contribution >= 4 is 11.5 Å². The van der Waals surface area contributed by atoms with Crippen LogP contribution in [0.25, 0.3) is 0 Å². The molecule has 0 fully saturated rings. The lowest BCUT2D eigenvalue weighted by Crippen LogP contribution is -2.31. The lowest BCUT2D eigenvalue weighted by atomic mass is 10.0. The van der Waals surface area contributed by atoms with Crippen molar-refractivity contribution in [2.45, 2.75) is 13.0 Å². The summed E-state index contributed by atoms with van der Waals surface area (Å²) in [6.45, 7) is 1.44. The van der Waals surface area contributed by atoms with Crippen molar-refractivity contribution < 1.29 is 4.79 Å². The number of fused-ring (bicyclic) bond motifs is 1. The summed E-state index contributed by atoms with van der Waals surface area (Å²) in [4.78, 5) is 14.0. The van der Waals surface area contributed by atoms with Crippen LogP contribution in [-0.2, 0) is 13.6 Å². The Labute approximate surface area is 105 Å². The molecule has 0 saturated heterocycles. The Morgan fingerprint density at radius 3 is 2.94 bits per heavy atom. The van der Waals surface area contributed by atoms with Crippen LogP contribution in [0.15, 0.2) is 30.5 Å². The van der Waals surface area contributed by atoms with Gasteiger partial charge in [-0.25, -0.2) is 0 Å². The van der Waals surface area contributed by atoms with Crippen molar-refractivity contribution in [3.63, 3.8) is 0 Å². The molecule has 0 N–H and O–H groups in total. The van der Waals surface area contributed by atoms with Crippen LogP contribution < -0.4 is 4.90 Å². The van der Waals surface area contributed by atoms with Crippen LogP contribution >= 0.6 is 0 Å². The second-order valence-electron chi connectivity index (χ2n) is 4.50. The molecule has 0 amide bonds. The molecule has 18 heavy (non-hydrogen) atoms. The van der Waals surface area contributed by atoms with Gasteiger partial charge in [0.2, 0.25) is 0 Å². The Kier molecular flexibility index (Phi) is 2.59. The van der Waals surface area contributed by atoms with Gasteiger partial charge in [0.1, 0.15) is 5.69 Å².